The lowest BCUT2D eigenvalue weighted by Gasteiger charge is -2.16. The molecule has 1 atom stereocenters. The maximum absolute atomic E-state index is 8.86. The third-order valence-corrected chi connectivity index (χ3v) is 4.04. The fraction of sp³-hybridized carbons (Fsp3) is 0.636. The molecule has 0 fully saturated rings. The first kappa shape index (κ1) is 10.1. The highest BCUT2D eigenvalue weighted by Crippen LogP contribution is 2.33. The van der Waals surface area contributed by atoms with E-state index in [0.29, 0.717) is 6.42 Å². The van der Waals surface area contributed by atoms with E-state index in [1.165, 1.54) is 41.7 Å². The molecule has 1 aliphatic carbocycles. The highest BCUT2D eigenvalue weighted by atomic mass is 32.1. The van der Waals surface area contributed by atoms with Gasteiger partial charge in [-0.2, -0.15) is 0 Å². The molecule has 1 unspecified atom stereocenters. The zero-order valence-electron chi connectivity index (χ0n) is 8.33. The average Bonchev–Trinajstić information content (AvgIpc) is 2.61. The summed E-state index contributed by atoms with van der Waals surface area (Å²) in [7, 11) is 0. The Morgan fingerprint density at radius 1 is 1.43 bits per heavy atom. The standard InChI is InChI=1S/C11H17NOS/c12-10(5-6-13)9-7-14-11-4-2-1-3-8(9)11/h7,10,13H,1-6,12H2. The molecular weight excluding hydrogens is 194 g/mol. The van der Waals surface area contributed by atoms with Gasteiger partial charge in [0.2, 0.25) is 0 Å². The van der Waals surface area contributed by atoms with E-state index < -0.39 is 0 Å². The van der Waals surface area contributed by atoms with Crippen LogP contribution in [0.25, 0.3) is 0 Å². The minimum absolute atomic E-state index is 0.0399. The van der Waals surface area contributed by atoms with Crippen molar-refractivity contribution in [1.82, 2.24) is 0 Å². The highest BCUT2D eigenvalue weighted by Gasteiger charge is 2.18. The van der Waals surface area contributed by atoms with E-state index in [1.807, 2.05) is 11.3 Å². The molecule has 1 aromatic rings. The number of rotatable bonds is 3. The number of aryl methyl sites for hydroxylation is 1. The number of fused-ring (bicyclic) bond motifs is 1. The molecule has 0 amide bonds. The van der Waals surface area contributed by atoms with E-state index in [4.69, 9.17) is 10.8 Å². The van der Waals surface area contributed by atoms with Gasteiger partial charge in [-0.25, -0.2) is 0 Å². The van der Waals surface area contributed by atoms with Crippen molar-refractivity contribution in [2.45, 2.75) is 38.1 Å². The zero-order chi connectivity index (χ0) is 9.97. The largest absolute Gasteiger partial charge is 0.396 e. The van der Waals surface area contributed by atoms with E-state index in [1.54, 1.807) is 0 Å². The Balaban J connectivity index is 2.21. The molecule has 2 nitrogen and oxygen atoms in total. The number of hydrogen-bond donors (Lipinski definition) is 2. The van der Waals surface area contributed by atoms with Crippen LogP contribution in [0.15, 0.2) is 5.38 Å². The fourth-order valence-electron chi connectivity index (χ4n) is 2.12. The lowest BCUT2D eigenvalue weighted by molar-refractivity contribution is 0.276. The molecule has 3 heteroatoms. The van der Waals surface area contributed by atoms with Gasteiger partial charge >= 0.3 is 0 Å². The number of thiophene rings is 1. The Labute approximate surface area is 88.8 Å². The summed E-state index contributed by atoms with van der Waals surface area (Å²) >= 11 is 1.84. The SMILES string of the molecule is NC(CCO)c1csc2c1CCCC2. The predicted molar refractivity (Wildman–Crippen MR) is 59.6 cm³/mol. The van der Waals surface area contributed by atoms with Crippen molar-refractivity contribution in [1.29, 1.82) is 0 Å². The molecule has 78 valence electrons. The average molecular weight is 211 g/mol. The number of aliphatic hydroxyl groups is 1. The zero-order valence-corrected chi connectivity index (χ0v) is 9.15. The van der Waals surface area contributed by atoms with E-state index in [9.17, 15) is 0 Å². The Morgan fingerprint density at radius 3 is 3.00 bits per heavy atom. The van der Waals surface area contributed by atoms with Crippen molar-refractivity contribution in [3.8, 4) is 0 Å². The molecule has 0 aromatic carbocycles. The van der Waals surface area contributed by atoms with Gasteiger partial charge in [-0.1, -0.05) is 0 Å². The summed E-state index contributed by atoms with van der Waals surface area (Å²) in [5.41, 5.74) is 8.80. The predicted octanol–water partition coefficient (Wildman–Crippen LogP) is 2.01. The van der Waals surface area contributed by atoms with Crippen LogP contribution >= 0.6 is 11.3 Å². The van der Waals surface area contributed by atoms with Gasteiger partial charge in [-0.3, -0.25) is 0 Å². The molecule has 0 aliphatic heterocycles. The highest BCUT2D eigenvalue weighted by molar-refractivity contribution is 7.10. The molecule has 0 radical (unpaired) electrons. The van der Waals surface area contributed by atoms with Crippen LogP contribution in [0.1, 0.15) is 41.3 Å². The molecule has 1 aliphatic rings. The van der Waals surface area contributed by atoms with Gasteiger partial charge in [0.1, 0.15) is 0 Å². The molecule has 1 aromatic heterocycles. The Kier molecular flexibility index (Phi) is 3.21. The lowest BCUT2D eigenvalue weighted by atomic mass is 9.92. The molecule has 0 spiro atoms. The van der Waals surface area contributed by atoms with E-state index >= 15 is 0 Å². The minimum atomic E-state index is 0.0399. The monoisotopic (exact) mass is 211 g/mol. The number of aliphatic hydroxyl groups excluding tert-OH is 1. The summed E-state index contributed by atoms with van der Waals surface area (Å²) in [6.45, 7) is 0.186. The normalized spacial score (nSPS) is 17.9. The summed E-state index contributed by atoms with van der Waals surface area (Å²) in [6, 6.07) is 0.0399. The van der Waals surface area contributed by atoms with Crippen LogP contribution < -0.4 is 5.73 Å². The molecule has 3 N–H and O–H groups in total. The van der Waals surface area contributed by atoms with Crippen molar-refractivity contribution in [3.63, 3.8) is 0 Å². The van der Waals surface area contributed by atoms with Crippen molar-refractivity contribution in [2.75, 3.05) is 6.61 Å². The Hall–Kier alpha value is -0.380. The van der Waals surface area contributed by atoms with Crippen LogP contribution in [0.5, 0.6) is 0 Å². The van der Waals surface area contributed by atoms with Crippen LogP contribution in [-0.4, -0.2) is 11.7 Å². The first-order chi connectivity index (χ1) is 6.83. The summed E-state index contributed by atoms with van der Waals surface area (Å²) in [4.78, 5) is 1.53. The van der Waals surface area contributed by atoms with Gasteiger partial charge in [0.05, 0.1) is 0 Å². The quantitative estimate of drug-likeness (QED) is 0.803. The molecule has 2 rings (SSSR count). The minimum Gasteiger partial charge on any atom is -0.396 e. The van der Waals surface area contributed by atoms with Crippen molar-refractivity contribution >= 4 is 11.3 Å². The molecular formula is C11H17NOS. The Morgan fingerprint density at radius 2 is 2.21 bits per heavy atom. The van der Waals surface area contributed by atoms with E-state index in [2.05, 4.69) is 5.38 Å². The van der Waals surface area contributed by atoms with Crippen molar-refractivity contribution in [2.24, 2.45) is 5.73 Å². The van der Waals surface area contributed by atoms with Gasteiger partial charge < -0.3 is 10.8 Å². The summed E-state index contributed by atoms with van der Waals surface area (Å²) in [5.74, 6) is 0. The van der Waals surface area contributed by atoms with Crippen LogP contribution in [0, 0.1) is 0 Å². The van der Waals surface area contributed by atoms with E-state index in [-0.39, 0.29) is 12.6 Å². The van der Waals surface area contributed by atoms with E-state index in [0.717, 1.165) is 0 Å². The second kappa shape index (κ2) is 4.43. The Bertz CT molecular complexity index is 308. The lowest BCUT2D eigenvalue weighted by Crippen LogP contribution is -2.14. The maximum Gasteiger partial charge on any atom is 0.0449 e. The van der Waals surface area contributed by atoms with Gasteiger partial charge in [-0.15, -0.1) is 11.3 Å². The second-order valence-electron chi connectivity index (χ2n) is 3.92. The fourth-order valence-corrected chi connectivity index (χ4v) is 3.34. The van der Waals surface area contributed by atoms with Crippen molar-refractivity contribution < 1.29 is 5.11 Å². The topological polar surface area (TPSA) is 46.2 Å². The van der Waals surface area contributed by atoms with Gasteiger partial charge in [-0.05, 0) is 48.6 Å². The first-order valence-electron chi connectivity index (χ1n) is 5.28. The second-order valence-corrected chi connectivity index (χ2v) is 4.88. The molecule has 0 saturated heterocycles. The van der Waals surface area contributed by atoms with Crippen molar-refractivity contribution in [3.05, 3.63) is 21.4 Å². The summed E-state index contributed by atoms with van der Waals surface area (Å²) in [5, 5.41) is 11.1. The van der Waals surface area contributed by atoms with Gasteiger partial charge in [0.15, 0.2) is 0 Å². The third kappa shape index (κ3) is 1.85. The van der Waals surface area contributed by atoms with Crippen LogP contribution in [0.4, 0.5) is 0 Å². The van der Waals surface area contributed by atoms with Crippen LogP contribution in [-0.2, 0) is 12.8 Å². The van der Waals surface area contributed by atoms with Crippen LogP contribution in [0.2, 0.25) is 0 Å². The molecule has 1 heterocycles. The first-order valence-corrected chi connectivity index (χ1v) is 6.16. The third-order valence-electron chi connectivity index (χ3n) is 2.93. The van der Waals surface area contributed by atoms with Gasteiger partial charge in [0.25, 0.3) is 0 Å². The van der Waals surface area contributed by atoms with Gasteiger partial charge in [0, 0.05) is 17.5 Å². The molecule has 0 bridgehead atoms. The molecule has 0 saturated carbocycles. The summed E-state index contributed by atoms with van der Waals surface area (Å²) < 4.78 is 0. The van der Waals surface area contributed by atoms with Crippen LogP contribution in [0.3, 0.4) is 0 Å². The number of hydrogen-bond acceptors (Lipinski definition) is 3. The smallest absolute Gasteiger partial charge is 0.0449 e. The summed E-state index contributed by atoms with van der Waals surface area (Å²) in [6.07, 6.45) is 5.72. The maximum atomic E-state index is 8.86. The molecule has 14 heavy (non-hydrogen) atoms. The number of nitrogens with two attached hydrogens (primary N) is 1.